The number of benzene rings is 3. The standard InChI is InChI=1S/C20H17BrN2O3/c1-13-10-15(21)7-9-19(13)26-12-20(25)23-22-11-17-16-5-3-2-4-14(16)6-8-18(17)24/h2-11,24H,12H2,1H3,(H,23,25)/b22-11+. The monoisotopic (exact) mass is 412 g/mol. The number of ether oxygens (including phenoxy) is 1. The molecule has 0 unspecified atom stereocenters. The first-order chi connectivity index (χ1) is 12.5. The van der Waals surface area contributed by atoms with E-state index in [1.165, 1.54) is 6.21 Å². The van der Waals surface area contributed by atoms with E-state index >= 15 is 0 Å². The van der Waals surface area contributed by atoms with E-state index in [-0.39, 0.29) is 18.3 Å². The first kappa shape index (κ1) is 17.9. The highest BCUT2D eigenvalue weighted by atomic mass is 79.9. The highest BCUT2D eigenvalue weighted by molar-refractivity contribution is 9.10. The van der Waals surface area contributed by atoms with Crippen LogP contribution >= 0.6 is 15.9 Å². The molecule has 0 radical (unpaired) electrons. The predicted molar refractivity (Wildman–Crippen MR) is 106 cm³/mol. The number of rotatable bonds is 5. The smallest absolute Gasteiger partial charge is 0.277 e. The summed E-state index contributed by atoms with van der Waals surface area (Å²) in [6.07, 6.45) is 1.43. The molecule has 0 heterocycles. The van der Waals surface area contributed by atoms with Gasteiger partial charge in [0.2, 0.25) is 0 Å². The number of aromatic hydroxyl groups is 1. The molecule has 3 rings (SSSR count). The molecule has 0 spiro atoms. The summed E-state index contributed by atoms with van der Waals surface area (Å²) in [5, 5.41) is 15.8. The van der Waals surface area contributed by atoms with Crippen LogP contribution in [0.4, 0.5) is 0 Å². The van der Waals surface area contributed by atoms with Crippen LogP contribution in [0.1, 0.15) is 11.1 Å². The van der Waals surface area contributed by atoms with Gasteiger partial charge in [0.1, 0.15) is 11.5 Å². The first-order valence-corrected chi connectivity index (χ1v) is 8.75. The first-order valence-electron chi connectivity index (χ1n) is 7.96. The third kappa shape index (κ3) is 4.21. The molecule has 0 aliphatic rings. The number of phenols is 1. The number of phenolic OH excluding ortho intramolecular Hbond substituents is 1. The molecule has 3 aromatic carbocycles. The number of fused-ring (bicyclic) bond motifs is 1. The van der Waals surface area contributed by atoms with Gasteiger partial charge in [-0.3, -0.25) is 4.79 Å². The van der Waals surface area contributed by atoms with Crippen molar-refractivity contribution < 1.29 is 14.6 Å². The van der Waals surface area contributed by atoms with Gasteiger partial charge in [-0.25, -0.2) is 5.43 Å². The van der Waals surface area contributed by atoms with E-state index in [0.29, 0.717) is 11.3 Å². The number of amides is 1. The van der Waals surface area contributed by atoms with Gasteiger partial charge in [-0.1, -0.05) is 46.3 Å². The topological polar surface area (TPSA) is 70.9 Å². The van der Waals surface area contributed by atoms with Gasteiger partial charge in [0.05, 0.1) is 6.21 Å². The van der Waals surface area contributed by atoms with Crippen molar-refractivity contribution in [2.45, 2.75) is 6.92 Å². The summed E-state index contributed by atoms with van der Waals surface area (Å²) in [4.78, 5) is 11.9. The molecule has 26 heavy (non-hydrogen) atoms. The highest BCUT2D eigenvalue weighted by Crippen LogP contribution is 2.25. The van der Waals surface area contributed by atoms with E-state index in [9.17, 15) is 9.90 Å². The summed E-state index contributed by atoms with van der Waals surface area (Å²) in [7, 11) is 0. The Balaban J connectivity index is 1.64. The number of carbonyl (C=O) groups excluding carboxylic acids is 1. The van der Waals surface area contributed by atoms with E-state index in [4.69, 9.17) is 4.74 Å². The summed E-state index contributed by atoms with van der Waals surface area (Å²) in [6.45, 7) is 1.75. The van der Waals surface area contributed by atoms with Gasteiger partial charge < -0.3 is 9.84 Å². The van der Waals surface area contributed by atoms with E-state index in [1.54, 1.807) is 12.1 Å². The predicted octanol–water partition coefficient (Wildman–Crippen LogP) is 4.15. The second-order valence-corrected chi connectivity index (χ2v) is 6.63. The van der Waals surface area contributed by atoms with Crippen LogP contribution in [-0.2, 0) is 4.79 Å². The number of halogens is 1. The van der Waals surface area contributed by atoms with Gasteiger partial charge in [0.25, 0.3) is 5.91 Å². The van der Waals surface area contributed by atoms with Crippen molar-refractivity contribution in [3.8, 4) is 11.5 Å². The van der Waals surface area contributed by atoms with Crippen molar-refractivity contribution in [1.82, 2.24) is 5.43 Å². The van der Waals surface area contributed by atoms with Crippen molar-refractivity contribution >= 4 is 38.8 Å². The molecular formula is C20H17BrN2O3. The zero-order valence-corrected chi connectivity index (χ0v) is 15.7. The number of carbonyl (C=O) groups is 1. The summed E-state index contributed by atoms with van der Waals surface area (Å²) in [5.74, 6) is 0.353. The molecule has 0 aliphatic carbocycles. The van der Waals surface area contributed by atoms with Crippen LogP contribution in [0.25, 0.3) is 10.8 Å². The van der Waals surface area contributed by atoms with Gasteiger partial charge in [-0.2, -0.15) is 5.10 Å². The van der Waals surface area contributed by atoms with Crippen LogP contribution in [0.2, 0.25) is 0 Å². The lowest BCUT2D eigenvalue weighted by Gasteiger charge is -2.08. The lowest BCUT2D eigenvalue weighted by Crippen LogP contribution is -2.24. The summed E-state index contributed by atoms with van der Waals surface area (Å²) >= 11 is 3.38. The van der Waals surface area contributed by atoms with Gasteiger partial charge >= 0.3 is 0 Å². The third-order valence-corrected chi connectivity index (χ3v) is 4.32. The maximum Gasteiger partial charge on any atom is 0.277 e. The number of hydrazone groups is 1. The van der Waals surface area contributed by atoms with Crippen LogP contribution < -0.4 is 10.2 Å². The van der Waals surface area contributed by atoms with Gasteiger partial charge in [-0.15, -0.1) is 0 Å². The molecule has 5 nitrogen and oxygen atoms in total. The fourth-order valence-electron chi connectivity index (χ4n) is 2.54. The molecule has 0 fully saturated rings. The van der Waals surface area contributed by atoms with Crippen molar-refractivity contribution in [3.05, 3.63) is 70.2 Å². The van der Waals surface area contributed by atoms with Crippen molar-refractivity contribution in [1.29, 1.82) is 0 Å². The second kappa shape index (κ2) is 8.01. The SMILES string of the molecule is Cc1cc(Br)ccc1OCC(=O)N/N=C/c1c(O)ccc2ccccc12. The number of hydrogen-bond donors (Lipinski definition) is 2. The van der Waals surface area contributed by atoms with Crippen molar-refractivity contribution in [2.24, 2.45) is 5.10 Å². The van der Waals surface area contributed by atoms with Crippen LogP contribution in [0.3, 0.4) is 0 Å². The Bertz CT molecular complexity index is 986. The van der Waals surface area contributed by atoms with Crippen LogP contribution in [-0.4, -0.2) is 23.8 Å². The van der Waals surface area contributed by atoms with Crippen LogP contribution in [0.5, 0.6) is 11.5 Å². The van der Waals surface area contributed by atoms with E-state index in [1.807, 2.05) is 49.4 Å². The van der Waals surface area contributed by atoms with E-state index in [2.05, 4.69) is 26.5 Å². The molecule has 0 atom stereocenters. The molecule has 132 valence electrons. The summed E-state index contributed by atoms with van der Waals surface area (Å²) in [6, 6.07) is 16.6. The number of aryl methyl sites for hydroxylation is 1. The maximum absolute atomic E-state index is 11.9. The molecule has 0 saturated heterocycles. The highest BCUT2D eigenvalue weighted by Gasteiger charge is 2.06. The molecular weight excluding hydrogens is 396 g/mol. The van der Waals surface area contributed by atoms with Crippen molar-refractivity contribution in [3.63, 3.8) is 0 Å². The van der Waals surface area contributed by atoms with Gasteiger partial charge in [-0.05, 0) is 47.5 Å². The van der Waals surface area contributed by atoms with Gasteiger partial charge in [0.15, 0.2) is 6.61 Å². The fraction of sp³-hybridized carbons (Fsp3) is 0.100. The molecule has 3 aromatic rings. The molecule has 1 amide bonds. The molecule has 6 heteroatoms. The quantitative estimate of drug-likeness (QED) is 0.488. The molecule has 0 saturated carbocycles. The Hall–Kier alpha value is -2.86. The fourth-order valence-corrected chi connectivity index (χ4v) is 3.01. The molecule has 0 aromatic heterocycles. The zero-order chi connectivity index (χ0) is 18.5. The normalized spacial score (nSPS) is 11.0. The summed E-state index contributed by atoms with van der Waals surface area (Å²) < 4.78 is 6.44. The lowest BCUT2D eigenvalue weighted by atomic mass is 10.0. The number of nitrogens with zero attached hydrogens (tertiary/aromatic N) is 1. The molecule has 2 N–H and O–H groups in total. The second-order valence-electron chi connectivity index (χ2n) is 5.71. The zero-order valence-electron chi connectivity index (χ0n) is 14.1. The Morgan fingerprint density at radius 3 is 2.85 bits per heavy atom. The Morgan fingerprint density at radius 1 is 1.23 bits per heavy atom. The minimum Gasteiger partial charge on any atom is -0.507 e. The molecule has 0 aliphatic heterocycles. The Morgan fingerprint density at radius 2 is 2.04 bits per heavy atom. The summed E-state index contributed by atoms with van der Waals surface area (Å²) in [5.41, 5.74) is 3.89. The number of nitrogens with one attached hydrogen (secondary N) is 1. The Labute approximate surface area is 159 Å². The van der Waals surface area contributed by atoms with Crippen LogP contribution in [0, 0.1) is 6.92 Å². The number of hydrogen-bond acceptors (Lipinski definition) is 4. The Kier molecular flexibility index (Phi) is 5.53. The van der Waals surface area contributed by atoms with E-state index < -0.39 is 0 Å². The lowest BCUT2D eigenvalue weighted by molar-refractivity contribution is -0.123. The third-order valence-electron chi connectivity index (χ3n) is 3.83. The molecule has 0 bridgehead atoms. The minimum atomic E-state index is -0.386. The largest absolute Gasteiger partial charge is 0.507 e. The average molecular weight is 413 g/mol. The van der Waals surface area contributed by atoms with Crippen molar-refractivity contribution in [2.75, 3.05) is 6.61 Å². The van der Waals surface area contributed by atoms with Crippen LogP contribution in [0.15, 0.2) is 64.2 Å². The maximum atomic E-state index is 11.9. The average Bonchev–Trinajstić information content (AvgIpc) is 2.63. The van der Waals surface area contributed by atoms with Gasteiger partial charge in [0, 0.05) is 10.0 Å². The minimum absolute atomic E-state index is 0.100. The van der Waals surface area contributed by atoms with E-state index in [0.717, 1.165) is 20.8 Å².